The van der Waals surface area contributed by atoms with Crippen molar-refractivity contribution < 1.29 is 27.8 Å². The molecule has 10 heteroatoms. The van der Waals surface area contributed by atoms with E-state index < -0.39 is 17.8 Å². The number of urea groups is 1. The van der Waals surface area contributed by atoms with Crippen LogP contribution < -0.4 is 10.1 Å². The number of hydrogen-bond donors (Lipinski definition) is 2. The number of nitrogens with zero attached hydrogens (tertiary/aromatic N) is 2. The second-order valence-corrected chi connectivity index (χ2v) is 7.86. The number of anilines is 1. The van der Waals surface area contributed by atoms with Crippen LogP contribution in [0.5, 0.6) is 5.75 Å². The number of halogens is 4. The summed E-state index contributed by atoms with van der Waals surface area (Å²) in [5.74, 6) is -0.437. The Balaban J connectivity index is 1.68. The quantitative estimate of drug-likeness (QED) is 0.632. The van der Waals surface area contributed by atoms with Crippen LogP contribution in [0.1, 0.15) is 36.1 Å². The molecule has 2 aromatic rings. The van der Waals surface area contributed by atoms with E-state index in [1.165, 1.54) is 11.0 Å². The van der Waals surface area contributed by atoms with Crippen LogP contribution in [-0.2, 0) is 6.18 Å². The molecule has 0 radical (unpaired) electrons. The molecule has 1 aliphatic rings. The van der Waals surface area contributed by atoms with Crippen molar-refractivity contribution in [2.45, 2.75) is 25.4 Å². The number of pyridine rings is 1. The van der Waals surface area contributed by atoms with Gasteiger partial charge in [0.05, 0.1) is 23.4 Å². The lowest BCUT2D eigenvalue weighted by atomic mass is 10.0. The van der Waals surface area contributed by atoms with E-state index >= 15 is 0 Å². The summed E-state index contributed by atoms with van der Waals surface area (Å²) in [6.45, 7) is 2.55. The molecule has 3 rings (SSSR count). The number of hydrogen-bond acceptors (Lipinski definition) is 4. The average Bonchev–Trinajstić information content (AvgIpc) is 2.77. The van der Waals surface area contributed by atoms with Crippen molar-refractivity contribution in [2.75, 3.05) is 32.1 Å². The molecular formula is C22H23ClF3N3O3. The first-order chi connectivity index (χ1) is 15.1. The molecule has 0 fully saturated rings. The summed E-state index contributed by atoms with van der Waals surface area (Å²) in [4.78, 5) is 18.5. The van der Waals surface area contributed by atoms with Crippen LogP contribution in [0.2, 0.25) is 5.02 Å². The highest BCUT2D eigenvalue weighted by Crippen LogP contribution is 2.37. The highest BCUT2D eigenvalue weighted by molar-refractivity contribution is 6.32. The molecule has 172 valence electrons. The molecule has 0 saturated carbocycles. The number of aliphatic hydroxyl groups excluding tert-OH is 1. The molecule has 1 atom stereocenters. The minimum absolute atomic E-state index is 0.00503. The predicted molar refractivity (Wildman–Crippen MR) is 116 cm³/mol. The van der Waals surface area contributed by atoms with Gasteiger partial charge in [-0.25, -0.2) is 4.79 Å². The third-order valence-electron chi connectivity index (χ3n) is 5.26. The first-order valence-corrected chi connectivity index (χ1v) is 10.3. The molecule has 0 bridgehead atoms. The van der Waals surface area contributed by atoms with Gasteiger partial charge < -0.3 is 20.1 Å². The van der Waals surface area contributed by atoms with Crippen molar-refractivity contribution in [2.24, 2.45) is 0 Å². The maximum atomic E-state index is 13.0. The fourth-order valence-corrected chi connectivity index (χ4v) is 3.63. The minimum Gasteiger partial charge on any atom is -0.496 e. The van der Waals surface area contributed by atoms with Gasteiger partial charge in [0.1, 0.15) is 5.75 Å². The largest absolute Gasteiger partial charge is 0.496 e. The number of carbonyl (C=O) groups excluding carboxylic acids is 1. The maximum Gasteiger partial charge on any atom is 0.419 e. The summed E-state index contributed by atoms with van der Waals surface area (Å²) >= 11 is 6.37. The fraction of sp³-hybridized carbons (Fsp3) is 0.364. The number of nitrogens with one attached hydrogen (secondary N) is 1. The van der Waals surface area contributed by atoms with Crippen molar-refractivity contribution in [3.63, 3.8) is 0 Å². The van der Waals surface area contributed by atoms with E-state index in [4.69, 9.17) is 16.3 Å². The number of aliphatic hydroxyl groups is 1. The van der Waals surface area contributed by atoms with E-state index in [0.717, 1.165) is 30.4 Å². The normalized spacial score (nSPS) is 15.2. The van der Waals surface area contributed by atoms with Crippen LogP contribution in [-0.4, -0.2) is 47.8 Å². The Kier molecular flexibility index (Phi) is 7.30. The Bertz CT molecular complexity index is 1030. The maximum absolute atomic E-state index is 13.0. The van der Waals surface area contributed by atoms with Crippen LogP contribution in [0.15, 0.2) is 36.5 Å². The van der Waals surface area contributed by atoms with Crippen molar-refractivity contribution in [3.05, 3.63) is 58.4 Å². The average molecular weight is 470 g/mol. The lowest BCUT2D eigenvalue weighted by Crippen LogP contribution is -2.38. The zero-order chi connectivity index (χ0) is 23.5. The molecule has 32 heavy (non-hydrogen) atoms. The van der Waals surface area contributed by atoms with E-state index in [1.807, 2.05) is 13.0 Å². The van der Waals surface area contributed by atoms with Crippen molar-refractivity contribution in [1.82, 2.24) is 9.88 Å². The second-order valence-electron chi connectivity index (χ2n) is 7.45. The molecule has 2 amide bonds. The number of aromatic nitrogens is 1. The topological polar surface area (TPSA) is 74.7 Å². The van der Waals surface area contributed by atoms with E-state index in [9.17, 15) is 23.1 Å². The van der Waals surface area contributed by atoms with Gasteiger partial charge in [-0.1, -0.05) is 24.6 Å². The number of alkyl halides is 3. The van der Waals surface area contributed by atoms with Gasteiger partial charge in [-0.2, -0.15) is 13.2 Å². The minimum atomic E-state index is -4.55. The van der Waals surface area contributed by atoms with Gasteiger partial charge in [-0.05, 0) is 35.8 Å². The van der Waals surface area contributed by atoms with Crippen molar-refractivity contribution in [1.29, 1.82) is 0 Å². The Morgan fingerprint density at radius 3 is 2.69 bits per heavy atom. The summed E-state index contributed by atoms with van der Waals surface area (Å²) in [5, 5.41) is 12.4. The molecule has 1 aliphatic heterocycles. The van der Waals surface area contributed by atoms with Gasteiger partial charge in [0.15, 0.2) is 0 Å². The van der Waals surface area contributed by atoms with E-state index in [1.54, 1.807) is 12.3 Å². The number of amides is 2. The predicted octanol–water partition coefficient (Wildman–Crippen LogP) is 5.18. The SMILES string of the molecule is COc1cc(NC(=O)N2CC=C(c3ncc([C@@H](C)CO)cc3Cl)CC2)ccc1C(F)(F)F. The van der Waals surface area contributed by atoms with Crippen LogP contribution in [0.4, 0.5) is 23.7 Å². The number of ether oxygens (including phenoxy) is 1. The lowest BCUT2D eigenvalue weighted by Gasteiger charge is -2.27. The summed E-state index contributed by atoms with van der Waals surface area (Å²) in [6, 6.07) is 4.55. The van der Waals surface area contributed by atoms with Crippen LogP contribution >= 0.6 is 11.6 Å². The third kappa shape index (κ3) is 5.34. The van der Waals surface area contributed by atoms with Crippen molar-refractivity contribution in [3.8, 4) is 5.75 Å². The van der Waals surface area contributed by atoms with Gasteiger partial charge in [-0.3, -0.25) is 4.98 Å². The van der Waals surface area contributed by atoms with Crippen LogP contribution in [0.3, 0.4) is 0 Å². The monoisotopic (exact) mass is 469 g/mol. The molecule has 6 nitrogen and oxygen atoms in total. The van der Waals surface area contributed by atoms with E-state index in [-0.39, 0.29) is 24.0 Å². The molecular weight excluding hydrogens is 447 g/mol. The molecule has 2 N–H and O–H groups in total. The Morgan fingerprint density at radius 2 is 2.12 bits per heavy atom. The Morgan fingerprint density at radius 1 is 1.38 bits per heavy atom. The van der Waals surface area contributed by atoms with E-state index in [0.29, 0.717) is 30.2 Å². The summed E-state index contributed by atoms with van der Waals surface area (Å²) in [5.41, 5.74) is 1.66. The standard InChI is InChI=1S/C22H23ClF3N3O3/c1-13(12-30)15-9-18(23)20(27-11-15)14-5-7-29(8-6-14)21(31)28-16-3-4-17(22(24,25)26)19(10-16)32-2/h3-5,9-11,13,30H,6-8,12H2,1-2H3,(H,28,31)/t13-/m0/s1. The summed E-state index contributed by atoms with van der Waals surface area (Å²) in [6.07, 6.45) is -0.503. The van der Waals surface area contributed by atoms with Gasteiger partial charge in [0.2, 0.25) is 0 Å². The molecule has 0 spiro atoms. The number of rotatable bonds is 5. The molecule has 1 aromatic carbocycles. The summed E-state index contributed by atoms with van der Waals surface area (Å²) < 4.78 is 43.8. The smallest absolute Gasteiger partial charge is 0.419 e. The molecule has 1 aromatic heterocycles. The molecule has 0 saturated heterocycles. The first-order valence-electron chi connectivity index (χ1n) is 9.91. The lowest BCUT2D eigenvalue weighted by molar-refractivity contribution is -0.138. The Labute approximate surface area is 188 Å². The fourth-order valence-electron chi connectivity index (χ4n) is 3.34. The number of carbonyl (C=O) groups is 1. The number of benzene rings is 1. The van der Waals surface area contributed by atoms with Gasteiger partial charge in [0.25, 0.3) is 0 Å². The van der Waals surface area contributed by atoms with Gasteiger partial charge >= 0.3 is 12.2 Å². The first kappa shape index (κ1) is 23.9. The highest BCUT2D eigenvalue weighted by atomic mass is 35.5. The van der Waals surface area contributed by atoms with Crippen LogP contribution in [0.25, 0.3) is 5.57 Å². The van der Waals surface area contributed by atoms with Crippen molar-refractivity contribution >= 4 is 28.9 Å². The molecule has 0 aliphatic carbocycles. The molecule has 2 heterocycles. The van der Waals surface area contributed by atoms with Crippen LogP contribution in [0, 0.1) is 0 Å². The molecule has 0 unspecified atom stereocenters. The number of methoxy groups -OCH3 is 1. The van der Waals surface area contributed by atoms with Gasteiger partial charge in [0, 0.05) is 43.6 Å². The highest BCUT2D eigenvalue weighted by Gasteiger charge is 2.34. The second kappa shape index (κ2) is 9.79. The zero-order valence-corrected chi connectivity index (χ0v) is 18.3. The Hall–Kier alpha value is -2.78. The van der Waals surface area contributed by atoms with Gasteiger partial charge in [-0.15, -0.1) is 0 Å². The van der Waals surface area contributed by atoms with E-state index in [2.05, 4.69) is 10.3 Å². The summed E-state index contributed by atoms with van der Waals surface area (Å²) in [7, 11) is 1.14. The third-order valence-corrected chi connectivity index (χ3v) is 5.55. The zero-order valence-electron chi connectivity index (χ0n) is 17.5.